The normalized spacial score (nSPS) is 10.5. The fraction of sp³-hybridized carbons (Fsp3) is 0. The number of hydrogen-bond donors (Lipinski definition) is 1. The van der Waals surface area contributed by atoms with Gasteiger partial charge < -0.3 is 10.5 Å². The van der Waals surface area contributed by atoms with Crippen molar-refractivity contribution in [2.24, 2.45) is 0 Å². The number of pyridine rings is 1. The average Bonchev–Trinajstić information content (AvgIpc) is 2.53. The van der Waals surface area contributed by atoms with Gasteiger partial charge in [-0.05, 0) is 24.3 Å². The van der Waals surface area contributed by atoms with Crippen LogP contribution in [0.1, 0.15) is 0 Å². The first-order valence-corrected chi connectivity index (χ1v) is 6.29. The van der Waals surface area contributed by atoms with Gasteiger partial charge in [0.25, 0.3) is 0 Å². The fourth-order valence-corrected chi connectivity index (χ4v) is 1.76. The Bertz CT molecular complexity index is 792. The topological polar surface area (TPSA) is 73.9 Å². The van der Waals surface area contributed by atoms with Gasteiger partial charge >= 0.3 is 6.01 Å². The molecule has 22 heavy (non-hydrogen) atoms. The number of nitrogens with two attached hydrogens (primary N) is 1. The zero-order chi connectivity index (χ0) is 15.5. The van der Waals surface area contributed by atoms with E-state index in [1.54, 1.807) is 18.3 Å². The predicted octanol–water partition coefficient (Wildman–Crippen LogP) is 3.19. The number of nitrogen functional groups attached to an aromatic ring is 1. The second-order valence-electron chi connectivity index (χ2n) is 4.38. The molecule has 5 nitrogen and oxygen atoms in total. The number of rotatable bonds is 3. The van der Waals surface area contributed by atoms with E-state index in [1.807, 2.05) is 0 Å². The van der Waals surface area contributed by atoms with Gasteiger partial charge in [0, 0.05) is 29.7 Å². The maximum Gasteiger partial charge on any atom is 0.322 e. The van der Waals surface area contributed by atoms with E-state index in [2.05, 4.69) is 15.0 Å². The van der Waals surface area contributed by atoms with Crippen LogP contribution in [-0.2, 0) is 0 Å². The number of nitrogens with zero attached hydrogens (tertiary/aromatic N) is 3. The van der Waals surface area contributed by atoms with E-state index in [0.717, 1.165) is 11.6 Å². The molecule has 2 N–H and O–H groups in total. The molecule has 2 heterocycles. The lowest BCUT2D eigenvalue weighted by Crippen LogP contribution is -1.96. The molecular weight excluding hydrogens is 290 g/mol. The van der Waals surface area contributed by atoms with E-state index in [0.29, 0.717) is 11.4 Å². The van der Waals surface area contributed by atoms with Crippen LogP contribution in [0, 0.1) is 11.6 Å². The molecule has 1 aromatic carbocycles. The Kier molecular flexibility index (Phi) is 3.61. The molecule has 0 aliphatic rings. The number of benzene rings is 1. The highest BCUT2D eigenvalue weighted by Crippen LogP contribution is 2.24. The number of halogens is 2. The van der Waals surface area contributed by atoms with Crippen molar-refractivity contribution >= 4 is 5.82 Å². The van der Waals surface area contributed by atoms with Gasteiger partial charge in [0.1, 0.15) is 5.82 Å². The summed E-state index contributed by atoms with van der Waals surface area (Å²) in [4.78, 5) is 11.9. The smallest absolute Gasteiger partial charge is 0.322 e. The largest absolute Gasteiger partial charge is 0.421 e. The molecule has 0 aliphatic heterocycles. The van der Waals surface area contributed by atoms with Crippen LogP contribution in [0.25, 0.3) is 11.1 Å². The van der Waals surface area contributed by atoms with Crippen LogP contribution < -0.4 is 10.5 Å². The summed E-state index contributed by atoms with van der Waals surface area (Å²) in [5, 5.41) is 0. The van der Waals surface area contributed by atoms with Crippen molar-refractivity contribution in [3.05, 3.63) is 60.6 Å². The van der Waals surface area contributed by atoms with E-state index in [1.165, 1.54) is 24.5 Å². The predicted molar refractivity (Wildman–Crippen MR) is 76.1 cm³/mol. The van der Waals surface area contributed by atoms with Crippen molar-refractivity contribution in [3.8, 4) is 22.9 Å². The molecule has 3 aromatic rings. The molecule has 0 unspecified atom stereocenters. The van der Waals surface area contributed by atoms with Crippen molar-refractivity contribution in [2.45, 2.75) is 0 Å². The molecule has 0 atom stereocenters. The third-order valence-corrected chi connectivity index (χ3v) is 2.87. The van der Waals surface area contributed by atoms with Crippen LogP contribution >= 0.6 is 0 Å². The van der Waals surface area contributed by atoms with Gasteiger partial charge in [-0.15, -0.1) is 0 Å². The van der Waals surface area contributed by atoms with Crippen LogP contribution in [0.2, 0.25) is 0 Å². The van der Waals surface area contributed by atoms with Crippen molar-refractivity contribution < 1.29 is 13.5 Å². The van der Waals surface area contributed by atoms with Gasteiger partial charge in [0.15, 0.2) is 11.6 Å². The van der Waals surface area contributed by atoms with Gasteiger partial charge in [-0.3, -0.25) is 0 Å². The van der Waals surface area contributed by atoms with Crippen molar-refractivity contribution in [1.82, 2.24) is 15.0 Å². The zero-order valence-electron chi connectivity index (χ0n) is 11.2. The van der Waals surface area contributed by atoms with Crippen LogP contribution in [0.5, 0.6) is 11.8 Å². The molecule has 0 amide bonds. The second-order valence-corrected chi connectivity index (χ2v) is 4.38. The minimum Gasteiger partial charge on any atom is -0.421 e. The highest BCUT2D eigenvalue weighted by molar-refractivity contribution is 5.61. The van der Waals surface area contributed by atoms with E-state index in [9.17, 15) is 8.78 Å². The molecule has 0 fully saturated rings. The van der Waals surface area contributed by atoms with Gasteiger partial charge in [0.2, 0.25) is 5.82 Å². The summed E-state index contributed by atoms with van der Waals surface area (Å²) in [6.07, 6.45) is 4.57. The number of anilines is 1. The summed E-state index contributed by atoms with van der Waals surface area (Å²) in [6.45, 7) is 0. The maximum absolute atomic E-state index is 13.5. The molecule has 0 saturated carbocycles. The standard InChI is InChI=1S/C15H10F2N4O/c16-11-2-1-3-12(14(11)17)22-15-20-7-10(8-21-15)9-4-5-13(18)19-6-9/h1-8H,(H2,18,19). The van der Waals surface area contributed by atoms with Gasteiger partial charge in [-0.2, -0.15) is 4.39 Å². The Balaban J connectivity index is 1.82. The third kappa shape index (κ3) is 2.83. The number of aromatic nitrogens is 3. The van der Waals surface area contributed by atoms with Crippen molar-refractivity contribution in [1.29, 1.82) is 0 Å². The summed E-state index contributed by atoms with van der Waals surface area (Å²) in [6, 6.07) is 6.97. The van der Waals surface area contributed by atoms with Crippen molar-refractivity contribution in [2.75, 3.05) is 5.73 Å². The molecule has 0 spiro atoms. The molecule has 7 heteroatoms. The Labute approximate surface area is 124 Å². The summed E-state index contributed by atoms with van der Waals surface area (Å²) >= 11 is 0. The molecule has 0 radical (unpaired) electrons. The maximum atomic E-state index is 13.5. The first-order valence-electron chi connectivity index (χ1n) is 6.29. The molecular formula is C15H10F2N4O. The van der Waals surface area contributed by atoms with Gasteiger partial charge in [-0.1, -0.05) is 6.07 Å². The van der Waals surface area contributed by atoms with Gasteiger partial charge in [-0.25, -0.2) is 19.3 Å². The molecule has 0 aliphatic carbocycles. The highest BCUT2D eigenvalue weighted by atomic mass is 19.2. The van der Waals surface area contributed by atoms with Crippen LogP contribution in [0.3, 0.4) is 0 Å². The number of ether oxygens (including phenoxy) is 1. The Hall–Kier alpha value is -3.09. The van der Waals surface area contributed by atoms with E-state index in [-0.39, 0.29) is 11.8 Å². The first-order chi connectivity index (χ1) is 10.6. The van der Waals surface area contributed by atoms with Crippen LogP contribution in [0.4, 0.5) is 14.6 Å². The average molecular weight is 300 g/mol. The first kappa shape index (κ1) is 13.9. The lowest BCUT2D eigenvalue weighted by Gasteiger charge is -2.06. The highest BCUT2D eigenvalue weighted by Gasteiger charge is 2.11. The molecule has 0 bridgehead atoms. The summed E-state index contributed by atoms with van der Waals surface area (Å²) in [7, 11) is 0. The van der Waals surface area contributed by atoms with E-state index < -0.39 is 11.6 Å². The Morgan fingerprint density at radius 2 is 1.59 bits per heavy atom. The van der Waals surface area contributed by atoms with Crippen LogP contribution in [-0.4, -0.2) is 15.0 Å². The number of hydrogen-bond acceptors (Lipinski definition) is 5. The van der Waals surface area contributed by atoms with Gasteiger partial charge in [0.05, 0.1) is 0 Å². The molecule has 110 valence electrons. The lowest BCUT2D eigenvalue weighted by atomic mass is 10.1. The van der Waals surface area contributed by atoms with E-state index >= 15 is 0 Å². The third-order valence-electron chi connectivity index (χ3n) is 2.87. The lowest BCUT2D eigenvalue weighted by molar-refractivity contribution is 0.393. The Morgan fingerprint density at radius 3 is 2.27 bits per heavy atom. The zero-order valence-corrected chi connectivity index (χ0v) is 11.2. The monoisotopic (exact) mass is 300 g/mol. The van der Waals surface area contributed by atoms with Crippen molar-refractivity contribution in [3.63, 3.8) is 0 Å². The minimum atomic E-state index is -1.09. The molecule has 3 rings (SSSR count). The minimum absolute atomic E-state index is 0.0864. The SMILES string of the molecule is Nc1ccc(-c2cnc(Oc3cccc(F)c3F)nc2)cn1. The summed E-state index contributed by atoms with van der Waals surface area (Å²) in [5.74, 6) is -1.95. The second kappa shape index (κ2) is 5.72. The summed E-state index contributed by atoms with van der Waals surface area (Å²) < 4.78 is 31.7. The fourth-order valence-electron chi connectivity index (χ4n) is 1.76. The summed E-state index contributed by atoms with van der Waals surface area (Å²) in [5.41, 5.74) is 6.98. The quantitative estimate of drug-likeness (QED) is 0.804. The molecule has 0 saturated heterocycles. The Morgan fingerprint density at radius 1 is 0.864 bits per heavy atom. The molecule has 2 aromatic heterocycles. The van der Waals surface area contributed by atoms with E-state index in [4.69, 9.17) is 10.5 Å². The van der Waals surface area contributed by atoms with Crippen LogP contribution in [0.15, 0.2) is 48.9 Å².